The minimum atomic E-state index is -1.68. The second-order valence-corrected chi connectivity index (χ2v) is 10.9. The molecule has 0 atom stereocenters. The summed E-state index contributed by atoms with van der Waals surface area (Å²) < 4.78 is 8.22. The number of nitrogens with zero attached hydrogens (tertiary/aromatic N) is 3. The summed E-state index contributed by atoms with van der Waals surface area (Å²) in [6.45, 7) is 2.09. The number of hydrogen-bond donors (Lipinski definition) is 0. The zero-order chi connectivity index (χ0) is 6.32. The average molecular weight is 238 g/mol. The molecule has 0 aromatic carbocycles. The molecule has 2 rings (SSSR count). The van der Waals surface area contributed by atoms with E-state index in [0.29, 0.717) is 0 Å². The molecule has 0 bridgehead atoms. The number of alkyl halides is 2. The summed E-state index contributed by atoms with van der Waals surface area (Å²) in [5, 5.41) is 7.70. The van der Waals surface area contributed by atoms with Crippen molar-refractivity contribution in [1.82, 2.24) is 0 Å². The summed E-state index contributed by atoms with van der Waals surface area (Å²) in [7, 11) is 0. The molecule has 2 aliphatic heterocycles. The molecule has 0 aromatic heterocycles. The van der Waals surface area contributed by atoms with Crippen LogP contribution >= 0.6 is 0 Å². The standard InChI is InChI=1S/C5H9IN3/c1-5-6(3-2-4-6)8-9-7-5/h2-4H2,1H3/q-1. The van der Waals surface area contributed by atoms with Crippen molar-refractivity contribution < 1.29 is 18.7 Å². The van der Waals surface area contributed by atoms with Crippen LogP contribution in [0, 0.1) is 0 Å². The number of rotatable bonds is 0. The number of hydrogen-bond acceptors (Lipinski definition) is 3. The van der Waals surface area contributed by atoms with E-state index in [1.54, 1.807) is 0 Å². The second-order valence-electron chi connectivity index (χ2n) is 2.27. The van der Waals surface area contributed by atoms with E-state index in [-0.39, 0.29) is 0 Å². The van der Waals surface area contributed by atoms with Crippen molar-refractivity contribution in [3.05, 3.63) is 0 Å². The van der Waals surface area contributed by atoms with E-state index < -0.39 is 18.7 Å². The SMILES string of the molecule is CC1=NN=N[I-]12CCC2. The maximum absolute atomic E-state index is 4.26. The molecule has 3 nitrogen and oxygen atoms in total. The number of halogens is 1. The first-order chi connectivity index (χ1) is 4.33. The van der Waals surface area contributed by atoms with Crippen LogP contribution in [0.5, 0.6) is 0 Å². The molecule has 0 saturated carbocycles. The molecule has 0 radical (unpaired) electrons. The van der Waals surface area contributed by atoms with E-state index in [0.717, 1.165) is 0 Å². The van der Waals surface area contributed by atoms with E-state index in [4.69, 9.17) is 0 Å². The summed E-state index contributed by atoms with van der Waals surface area (Å²) in [6.07, 6.45) is 1.36. The van der Waals surface area contributed by atoms with E-state index in [9.17, 15) is 0 Å². The van der Waals surface area contributed by atoms with Crippen molar-refractivity contribution in [3.63, 3.8) is 0 Å². The average Bonchev–Trinajstić information content (AvgIpc) is 2.07. The van der Waals surface area contributed by atoms with Gasteiger partial charge in [-0.2, -0.15) is 0 Å². The Hall–Kier alpha value is 0. The Labute approximate surface area is 58.5 Å². The molecular weight excluding hydrogens is 229 g/mol. The molecule has 9 heavy (non-hydrogen) atoms. The Morgan fingerprint density at radius 1 is 1.44 bits per heavy atom. The predicted molar refractivity (Wildman–Crippen MR) is 32.3 cm³/mol. The first kappa shape index (κ1) is 5.76. The molecule has 1 saturated heterocycles. The Kier molecular flexibility index (Phi) is 1.12. The molecule has 2 aliphatic rings. The van der Waals surface area contributed by atoms with Gasteiger partial charge >= 0.3 is 58.3 Å². The van der Waals surface area contributed by atoms with E-state index >= 15 is 0 Å². The van der Waals surface area contributed by atoms with Crippen LogP contribution in [0.4, 0.5) is 0 Å². The van der Waals surface area contributed by atoms with Crippen LogP contribution in [0.2, 0.25) is 0 Å². The van der Waals surface area contributed by atoms with Gasteiger partial charge in [0.1, 0.15) is 0 Å². The van der Waals surface area contributed by atoms with Crippen molar-refractivity contribution in [2.45, 2.75) is 13.3 Å². The molecule has 1 spiro atoms. The van der Waals surface area contributed by atoms with E-state index in [1.807, 2.05) is 0 Å². The zero-order valence-corrected chi connectivity index (χ0v) is 7.50. The maximum atomic E-state index is 4.26. The summed E-state index contributed by atoms with van der Waals surface area (Å²) in [6, 6.07) is 0. The molecule has 0 aromatic rings. The van der Waals surface area contributed by atoms with Gasteiger partial charge in [-0.15, -0.1) is 0 Å². The van der Waals surface area contributed by atoms with Gasteiger partial charge in [0.05, 0.1) is 0 Å². The van der Waals surface area contributed by atoms with Crippen molar-refractivity contribution in [3.8, 4) is 0 Å². The Balaban J connectivity index is 2.29. The van der Waals surface area contributed by atoms with Crippen LogP contribution in [0.15, 0.2) is 13.7 Å². The van der Waals surface area contributed by atoms with Gasteiger partial charge < -0.3 is 0 Å². The topological polar surface area (TPSA) is 37.1 Å². The van der Waals surface area contributed by atoms with Gasteiger partial charge in [0.25, 0.3) is 0 Å². The molecule has 0 unspecified atom stereocenters. The van der Waals surface area contributed by atoms with Gasteiger partial charge in [0.15, 0.2) is 0 Å². The fraction of sp³-hybridized carbons (Fsp3) is 0.800. The van der Waals surface area contributed by atoms with Crippen LogP contribution in [0.3, 0.4) is 0 Å². The van der Waals surface area contributed by atoms with Crippen molar-refractivity contribution in [1.29, 1.82) is 0 Å². The van der Waals surface area contributed by atoms with Gasteiger partial charge in [-0.25, -0.2) is 0 Å². The fourth-order valence-electron chi connectivity index (χ4n) is 1.00. The van der Waals surface area contributed by atoms with Gasteiger partial charge in [-0.3, -0.25) is 0 Å². The Bertz CT molecular complexity index is 192. The quantitative estimate of drug-likeness (QED) is 0.355. The predicted octanol–water partition coefficient (Wildman–Crippen LogP) is -1.74. The van der Waals surface area contributed by atoms with Crippen LogP contribution in [-0.2, 0) is 0 Å². The third kappa shape index (κ3) is 0.653. The molecule has 52 valence electrons. The normalized spacial score (nSPS) is 31.9. The first-order valence-electron chi connectivity index (χ1n) is 3.02. The van der Waals surface area contributed by atoms with Crippen molar-refractivity contribution >= 4 is 3.72 Å². The molecule has 0 amide bonds. The Morgan fingerprint density at radius 2 is 2.22 bits per heavy atom. The summed E-state index contributed by atoms with van der Waals surface area (Å²) in [5.41, 5.74) is 0. The minimum absolute atomic E-state index is 1.29. The zero-order valence-electron chi connectivity index (χ0n) is 5.34. The van der Waals surface area contributed by atoms with Gasteiger partial charge in [0.2, 0.25) is 0 Å². The third-order valence-electron chi connectivity index (χ3n) is 1.76. The van der Waals surface area contributed by atoms with Crippen LogP contribution in [0.1, 0.15) is 13.3 Å². The molecule has 0 N–H and O–H groups in total. The summed E-state index contributed by atoms with van der Waals surface area (Å²) in [5.74, 6) is 0. The fourth-order valence-corrected chi connectivity index (χ4v) is 6.48. The first-order valence-corrected chi connectivity index (χ1v) is 8.11. The van der Waals surface area contributed by atoms with Crippen molar-refractivity contribution in [2.24, 2.45) is 13.7 Å². The van der Waals surface area contributed by atoms with Crippen molar-refractivity contribution in [2.75, 3.05) is 8.86 Å². The molecule has 1 fully saturated rings. The molecular formula is C5H9IN3-. The van der Waals surface area contributed by atoms with E-state index in [2.05, 4.69) is 20.6 Å². The molecule has 2 heterocycles. The summed E-state index contributed by atoms with van der Waals surface area (Å²) in [4.78, 5) is 0. The van der Waals surface area contributed by atoms with E-state index in [1.165, 1.54) is 19.0 Å². The Morgan fingerprint density at radius 3 is 2.44 bits per heavy atom. The molecule has 0 aliphatic carbocycles. The van der Waals surface area contributed by atoms with Gasteiger partial charge in [0, 0.05) is 0 Å². The van der Waals surface area contributed by atoms with Gasteiger partial charge in [-0.1, -0.05) is 0 Å². The van der Waals surface area contributed by atoms with Gasteiger partial charge in [-0.05, 0) is 0 Å². The second kappa shape index (κ2) is 1.74. The van der Waals surface area contributed by atoms with Crippen LogP contribution in [0.25, 0.3) is 0 Å². The third-order valence-corrected chi connectivity index (χ3v) is 11.0. The molecule has 4 heteroatoms. The monoisotopic (exact) mass is 238 g/mol. The van der Waals surface area contributed by atoms with Crippen LogP contribution < -0.4 is 18.7 Å². The summed E-state index contributed by atoms with van der Waals surface area (Å²) >= 11 is -1.68. The van der Waals surface area contributed by atoms with Crippen LogP contribution in [-0.4, -0.2) is 12.6 Å².